The summed E-state index contributed by atoms with van der Waals surface area (Å²) in [5.41, 5.74) is 2.45. The Morgan fingerprint density at radius 1 is 1.22 bits per heavy atom. The zero-order chi connectivity index (χ0) is 22.1. The molecule has 1 atom stereocenters. The molecule has 0 fully saturated rings. The minimum atomic E-state index is -0.302. The van der Waals surface area contributed by atoms with Gasteiger partial charge in [0.05, 0.1) is 29.0 Å². The predicted molar refractivity (Wildman–Crippen MR) is 120 cm³/mol. The summed E-state index contributed by atoms with van der Waals surface area (Å²) < 4.78 is 3.94. The number of amides is 2. The molecule has 1 aliphatic heterocycles. The van der Waals surface area contributed by atoms with Crippen LogP contribution in [0.4, 0.5) is 10.5 Å². The van der Waals surface area contributed by atoms with Crippen LogP contribution >= 0.6 is 0 Å². The Labute approximate surface area is 185 Å². The largest absolute Gasteiger partial charge is 0.340 e. The zero-order valence-electron chi connectivity index (χ0n) is 18.2. The fraction of sp³-hybridized carbons (Fsp3) is 0.409. The highest BCUT2D eigenvalue weighted by Gasteiger charge is 2.22. The van der Waals surface area contributed by atoms with Crippen molar-refractivity contribution in [2.24, 2.45) is 5.92 Å². The van der Waals surface area contributed by atoms with Crippen LogP contribution in [0, 0.1) is 5.92 Å². The number of aryl methyl sites for hydroxylation is 1. The quantitative estimate of drug-likeness (QED) is 0.431. The van der Waals surface area contributed by atoms with E-state index < -0.39 is 0 Å². The monoisotopic (exact) mass is 433 g/mol. The number of urea groups is 1. The smallest absolute Gasteiger partial charge is 0.319 e. The number of benzene rings is 1. The maximum absolute atomic E-state index is 12.7. The molecule has 32 heavy (non-hydrogen) atoms. The van der Waals surface area contributed by atoms with Gasteiger partial charge in [0.1, 0.15) is 18.2 Å². The summed E-state index contributed by atoms with van der Waals surface area (Å²) in [6.45, 7) is 5.57. The Bertz CT molecular complexity index is 1200. The van der Waals surface area contributed by atoms with Crippen molar-refractivity contribution in [1.82, 2.24) is 39.8 Å². The average Bonchev–Trinajstić information content (AvgIpc) is 3.51. The van der Waals surface area contributed by atoms with Crippen molar-refractivity contribution < 1.29 is 4.79 Å². The van der Waals surface area contributed by atoms with E-state index in [2.05, 4.69) is 54.3 Å². The standard InChI is InChI=1S/C22H27N9O/c1-14(2)20(21-25-16-7-3-4-8-17(16)26-21)27-22(32)24-15-11-23-30(12-15)13-19-29-28-18-9-5-6-10-31(18)19/h3-4,7-8,11-12,14,20H,5-6,9-10,13H2,1-2H3,(H,25,26)(H2,24,27,32). The van der Waals surface area contributed by atoms with Crippen LogP contribution < -0.4 is 10.6 Å². The molecule has 5 rings (SSSR count). The molecule has 1 aromatic carbocycles. The van der Waals surface area contributed by atoms with Crippen LogP contribution in [0.15, 0.2) is 36.7 Å². The number of nitrogens with one attached hydrogen (secondary N) is 3. The van der Waals surface area contributed by atoms with Gasteiger partial charge in [0, 0.05) is 19.2 Å². The van der Waals surface area contributed by atoms with Crippen molar-refractivity contribution in [2.75, 3.05) is 5.32 Å². The van der Waals surface area contributed by atoms with Gasteiger partial charge in [-0.25, -0.2) is 9.78 Å². The van der Waals surface area contributed by atoms with E-state index in [0.29, 0.717) is 12.2 Å². The molecular formula is C22H27N9O. The van der Waals surface area contributed by atoms with E-state index in [9.17, 15) is 4.79 Å². The molecule has 4 heterocycles. The third-order valence-electron chi connectivity index (χ3n) is 5.79. The second-order valence-corrected chi connectivity index (χ2v) is 8.53. The van der Waals surface area contributed by atoms with E-state index in [0.717, 1.165) is 54.3 Å². The number of aromatic amines is 1. The summed E-state index contributed by atoms with van der Waals surface area (Å²) in [5, 5.41) is 18.9. The van der Waals surface area contributed by atoms with Crippen LogP contribution in [-0.4, -0.2) is 40.5 Å². The number of para-hydroxylation sites is 2. The minimum Gasteiger partial charge on any atom is -0.340 e. The fourth-order valence-corrected chi connectivity index (χ4v) is 4.12. The molecule has 1 unspecified atom stereocenters. The first-order chi connectivity index (χ1) is 15.6. The molecule has 166 valence electrons. The number of nitrogens with zero attached hydrogens (tertiary/aromatic N) is 6. The van der Waals surface area contributed by atoms with Crippen LogP contribution in [0.1, 0.15) is 50.2 Å². The van der Waals surface area contributed by atoms with E-state index in [1.54, 1.807) is 17.1 Å². The Morgan fingerprint density at radius 3 is 2.94 bits per heavy atom. The molecule has 3 aromatic heterocycles. The summed E-state index contributed by atoms with van der Waals surface area (Å²) in [7, 11) is 0. The molecule has 0 bridgehead atoms. The number of aromatic nitrogens is 7. The van der Waals surface area contributed by atoms with E-state index >= 15 is 0 Å². The third kappa shape index (κ3) is 4.08. The van der Waals surface area contributed by atoms with Crippen molar-refractivity contribution in [3.8, 4) is 0 Å². The predicted octanol–water partition coefficient (Wildman–Crippen LogP) is 3.25. The van der Waals surface area contributed by atoms with Gasteiger partial charge >= 0.3 is 6.03 Å². The molecule has 0 aliphatic carbocycles. The zero-order valence-corrected chi connectivity index (χ0v) is 18.2. The Morgan fingerprint density at radius 2 is 2.09 bits per heavy atom. The van der Waals surface area contributed by atoms with Gasteiger partial charge in [-0.05, 0) is 30.9 Å². The second-order valence-electron chi connectivity index (χ2n) is 8.53. The molecule has 3 N–H and O–H groups in total. The number of carbonyl (C=O) groups is 1. The van der Waals surface area contributed by atoms with Crippen molar-refractivity contribution in [3.05, 3.63) is 54.1 Å². The normalized spacial score (nSPS) is 14.5. The maximum atomic E-state index is 12.7. The van der Waals surface area contributed by atoms with Crippen molar-refractivity contribution in [1.29, 1.82) is 0 Å². The SMILES string of the molecule is CC(C)C(NC(=O)Nc1cnn(Cc2nnc3n2CCCC3)c1)c1nc2ccccc2[nH]1. The highest BCUT2D eigenvalue weighted by atomic mass is 16.2. The summed E-state index contributed by atoms with van der Waals surface area (Å²) in [5.74, 6) is 2.83. The topological polar surface area (TPSA) is 118 Å². The lowest BCUT2D eigenvalue weighted by Gasteiger charge is -2.20. The molecule has 10 heteroatoms. The lowest BCUT2D eigenvalue weighted by molar-refractivity contribution is 0.244. The lowest BCUT2D eigenvalue weighted by atomic mass is 10.0. The van der Waals surface area contributed by atoms with Crippen molar-refractivity contribution >= 4 is 22.8 Å². The number of hydrogen-bond donors (Lipinski definition) is 3. The minimum absolute atomic E-state index is 0.156. The maximum Gasteiger partial charge on any atom is 0.319 e. The first kappa shape index (κ1) is 20.2. The molecule has 0 radical (unpaired) electrons. The molecule has 1 aliphatic rings. The molecule has 0 saturated carbocycles. The highest BCUT2D eigenvalue weighted by Crippen LogP contribution is 2.22. The molecule has 2 amide bonds. The molecule has 0 spiro atoms. The number of imidazole rings is 1. The Hall–Kier alpha value is -3.69. The van der Waals surface area contributed by atoms with E-state index in [1.165, 1.54) is 0 Å². The van der Waals surface area contributed by atoms with Gasteiger partial charge in [-0.1, -0.05) is 26.0 Å². The van der Waals surface area contributed by atoms with Crippen LogP contribution in [0.2, 0.25) is 0 Å². The molecular weight excluding hydrogens is 406 g/mol. The summed E-state index contributed by atoms with van der Waals surface area (Å²) in [6.07, 6.45) is 6.72. The van der Waals surface area contributed by atoms with Gasteiger partial charge in [0.2, 0.25) is 0 Å². The summed E-state index contributed by atoms with van der Waals surface area (Å²) in [6, 6.07) is 7.29. The lowest BCUT2D eigenvalue weighted by Crippen LogP contribution is -2.35. The molecule has 4 aromatic rings. The Kier molecular flexibility index (Phi) is 5.34. The van der Waals surface area contributed by atoms with Gasteiger partial charge in [0.15, 0.2) is 5.82 Å². The molecule has 0 saturated heterocycles. The average molecular weight is 434 g/mol. The van der Waals surface area contributed by atoms with Gasteiger partial charge in [0.25, 0.3) is 0 Å². The number of hydrogen-bond acceptors (Lipinski definition) is 5. The number of anilines is 1. The van der Waals surface area contributed by atoms with Gasteiger partial charge in [-0.2, -0.15) is 5.10 Å². The Balaban J connectivity index is 1.24. The van der Waals surface area contributed by atoms with Crippen LogP contribution in [0.3, 0.4) is 0 Å². The van der Waals surface area contributed by atoms with Crippen molar-refractivity contribution in [3.63, 3.8) is 0 Å². The second kappa shape index (κ2) is 8.45. The van der Waals surface area contributed by atoms with Crippen LogP contribution in [0.5, 0.6) is 0 Å². The van der Waals surface area contributed by atoms with Gasteiger partial charge < -0.3 is 20.2 Å². The first-order valence-electron chi connectivity index (χ1n) is 11.0. The number of carbonyl (C=O) groups excluding carboxylic acids is 1. The molecule has 10 nitrogen and oxygen atoms in total. The van der Waals surface area contributed by atoms with Gasteiger partial charge in [-0.3, -0.25) is 4.68 Å². The van der Waals surface area contributed by atoms with Gasteiger partial charge in [-0.15, -0.1) is 10.2 Å². The van der Waals surface area contributed by atoms with E-state index in [1.807, 2.05) is 24.3 Å². The number of fused-ring (bicyclic) bond motifs is 2. The first-order valence-corrected chi connectivity index (χ1v) is 11.0. The number of rotatable bonds is 6. The third-order valence-corrected chi connectivity index (χ3v) is 5.79. The number of H-pyrrole nitrogens is 1. The van der Waals surface area contributed by atoms with E-state index in [-0.39, 0.29) is 18.0 Å². The highest BCUT2D eigenvalue weighted by molar-refractivity contribution is 5.89. The summed E-state index contributed by atoms with van der Waals surface area (Å²) in [4.78, 5) is 20.7. The van der Waals surface area contributed by atoms with Crippen molar-refractivity contribution in [2.45, 2.75) is 52.2 Å². The van der Waals surface area contributed by atoms with Crippen LogP contribution in [0.25, 0.3) is 11.0 Å². The fourth-order valence-electron chi connectivity index (χ4n) is 4.12. The summed E-state index contributed by atoms with van der Waals surface area (Å²) >= 11 is 0. The van der Waals surface area contributed by atoms with E-state index in [4.69, 9.17) is 0 Å². The van der Waals surface area contributed by atoms with Crippen LogP contribution in [-0.2, 0) is 19.5 Å².